The van der Waals surface area contributed by atoms with Gasteiger partial charge in [0, 0.05) is 5.69 Å². The maximum absolute atomic E-state index is 8.95. The molecule has 0 aliphatic heterocycles. The third-order valence-electron chi connectivity index (χ3n) is 1.96. The summed E-state index contributed by atoms with van der Waals surface area (Å²) < 4.78 is 0. The smallest absolute Gasteiger partial charge is 0.163 e. The molecule has 0 atom stereocenters. The number of nitrogens with one attached hydrogen (secondary N) is 1. The summed E-state index contributed by atoms with van der Waals surface area (Å²) in [6.45, 7) is -0.121. The molecule has 0 spiro atoms. The fourth-order valence-corrected chi connectivity index (χ4v) is 1.17. The molecule has 5 heteroatoms. The Morgan fingerprint density at radius 2 is 1.88 bits per heavy atom. The third kappa shape index (κ3) is 3.07. The first-order chi connectivity index (χ1) is 8.24. The minimum absolute atomic E-state index is 0.106. The number of benzene rings is 1. The highest BCUT2D eigenvalue weighted by molar-refractivity contribution is 5.58. The van der Waals surface area contributed by atoms with E-state index in [2.05, 4.69) is 5.32 Å². The van der Waals surface area contributed by atoms with Crippen LogP contribution in [0.4, 0.5) is 5.69 Å². The quantitative estimate of drug-likeness (QED) is 0.755. The summed E-state index contributed by atoms with van der Waals surface area (Å²) in [5.74, 6) is 0. The Balaban J connectivity index is 3.06. The van der Waals surface area contributed by atoms with Gasteiger partial charge in [0.15, 0.2) is 5.57 Å². The second-order valence-corrected chi connectivity index (χ2v) is 3.07. The molecule has 17 heavy (non-hydrogen) atoms. The highest BCUT2D eigenvalue weighted by Gasteiger charge is 2.05. The number of hydrogen-bond donors (Lipinski definition) is 2. The minimum Gasteiger partial charge on any atom is -0.392 e. The molecule has 0 saturated heterocycles. The van der Waals surface area contributed by atoms with Gasteiger partial charge in [-0.1, -0.05) is 12.1 Å². The Morgan fingerprint density at radius 3 is 2.41 bits per heavy atom. The number of hydrogen-bond acceptors (Lipinski definition) is 5. The number of anilines is 1. The van der Waals surface area contributed by atoms with E-state index >= 15 is 0 Å². The highest BCUT2D eigenvalue weighted by Crippen LogP contribution is 2.14. The van der Waals surface area contributed by atoms with E-state index in [-0.39, 0.29) is 17.9 Å². The summed E-state index contributed by atoms with van der Waals surface area (Å²) in [5.41, 5.74) is 0.825. The number of aliphatic hydroxyl groups is 1. The Kier molecular flexibility index (Phi) is 4.27. The van der Waals surface area contributed by atoms with Crippen LogP contribution in [0.15, 0.2) is 35.5 Å². The Labute approximate surface area is 98.5 Å². The molecule has 5 nitrogen and oxygen atoms in total. The van der Waals surface area contributed by atoms with E-state index in [9.17, 15) is 0 Å². The predicted molar refractivity (Wildman–Crippen MR) is 59.9 cm³/mol. The third-order valence-corrected chi connectivity index (χ3v) is 1.96. The first kappa shape index (κ1) is 12.3. The number of nitrogens with zero attached hydrogens (tertiary/aromatic N) is 3. The summed E-state index contributed by atoms with van der Waals surface area (Å²) in [4.78, 5) is 0. The molecular formula is C12H8N4O. The molecule has 0 heterocycles. The van der Waals surface area contributed by atoms with Gasteiger partial charge in [-0.25, -0.2) is 0 Å². The van der Waals surface area contributed by atoms with Crippen LogP contribution in [0.5, 0.6) is 0 Å². The monoisotopic (exact) mass is 224 g/mol. The van der Waals surface area contributed by atoms with E-state index in [0.717, 1.165) is 0 Å². The van der Waals surface area contributed by atoms with Crippen LogP contribution in [0.3, 0.4) is 0 Å². The Hall–Kier alpha value is -2.81. The molecule has 0 aliphatic carbocycles. The van der Waals surface area contributed by atoms with Crippen molar-refractivity contribution >= 4 is 5.69 Å². The van der Waals surface area contributed by atoms with E-state index in [0.29, 0.717) is 11.3 Å². The maximum atomic E-state index is 8.95. The zero-order valence-electron chi connectivity index (χ0n) is 8.81. The van der Waals surface area contributed by atoms with Gasteiger partial charge in [-0.2, -0.15) is 15.8 Å². The lowest BCUT2D eigenvalue weighted by Crippen LogP contribution is -2.01. The number of nitriles is 3. The van der Waals surface area contributed by atoms with Crippen molar-refractivity contribution in [1.82, 2.24) is 0 Å². The zero-order chi connectivity index (χ0) is 12.7. The number of rotatable bonds is 3. The molecule has 0 fully saturated rings. The molecule has 0 unspecified atom stereocenters. The highest BCUT2D eigenvalue weighted by atomic mass is 16.3. The second kappa shape index (κ2) is 5.92. The first-order valence-corrected chi connectivity index (χ1v) is 4.66. The van der Waals surface area contributed by atoms with E-state index in [1.807, 2.05) is 0 Å². The standard InChI is InChI=1S/C12H8N4O/c13-5-10(6-14)12(7-15)16-11-3-1-2-9(4-11)8-17/h1-4,16-17H,8H2. The molecule has 1 aromatic rings. The van der Waals surface area contributed by atoms with E-state index in [4.69, 9.17) is 20.9 Å². The normalized spacial score (nSPS) is 8.35. The van der Waals surface area contributed by atoms with Crippen LogP contribution in [0.2, 0.25) is 0 Å². The average molecular weight is 224 g/mol. The van der Waals surface area contributed by atoms with Gasteiger partial charge in [-0.3, -0.25) is 0 Å². The molecule has 0 radical (unpaired) electrons. The molecule has 0 saturated carbocycles. The van der Waals surface area contributed by atoms with Crippen molar-refractivity contribution in [2.75, 3.05) is 5.32 Å². The second-order valence-electron chi connectivity index (χ2n) is 3.07. The van der Waals surface area contributed by atoms with Crippen molar-refractivity contribution in [3.63, 3.8) is 0 Å². The van der Waals surface area contributed by atoms with Crippen LogP contribution in [0, 0.1) is 34.0 Å². The number of aliphatic hydroxyl groups excluding tert-OH is 1. The predicted octanol–water partition coefficient (Wildman–Crippen LogP) is 1.42. The van der Waals surface area contributed by atoms with Gasteiger partial charge in [0.2, 0.25) is 0 Å². The maximum Gasteiger partial charge on any atom is 0.163 e. The molecule has 1 aromatic carbocycles. The van der Waals surface area contributed by atoms with Gasteiger partial charge in [0.25, 0.3) is 0 Å². The molecule has 1 rings (SSSR count). The Bertz CT molecular complexity index is 553. The average Bonchev–Trinajstić information content (AvgIpc) is 2.39. The van der Waals surface area contributed by atoms with Crippen molar-refractivity contribution in [3.05, 3.63) is 41.1 Å². The van der Waals surface area contributed by atoms with Crippen LogP contribution in [-0.2, 0) is 6.61 Å². The Morgan fingerprint density at radius 1 is 1.18 bits per heavy atom. The van der Waals surface area contributed by atoms with Crippen LogP contribution in [-0.4, -0.2) is 5.11 Å². The first-order valence-electron chi connectivity index (χ1n) is 4.66. The molecular weight excluding hydrogens is 216 g/mol. The van der Waals surface area contributed by atoms with Gasteiger partial charge in [0.1, 0.15) is 23.9 Å². The van der Waals surface area contributed by atoms with Crippen molar-refractivity contribution in [2.45, 2.75) is 6.61 Å². The molecule has 82 valence electrons. The molecule has 0 aliphatic rings. The van der Waals surface area contributed by atoms with Crippen molar-refractivity contribution < 1.29 is 5.11 Å². The van der Waals surface area contributed by atoms with E-state index in [1.54, 1.807) is 42.5 Å². The van der Waals surface area contributed by atoms with Gasteiger partial charge < -0.3 is 10.4 Å². The van der Waals surface area contributed by atoms with Crippen molar-refractivity contribution in [3.8, 4) is 18.2 Å². The van der Waals surface area contributed by atoms with E-state index < -0.39 is 0 Å². The topological polar surface area (TPSA) is 104 Å². The fourth-order valence-electron chi connectivity index (χ4n) is 1.17. The van der Waals surface area contributed by atoms with Gasteiger partial charge in [-0.05, 0) is 17.7 Å². The largest absolute Gasteiger partial charge is 0.392 e. The van der Waals surface area contributed by atoms with Gasteiger partial charge >= 0.3 is 0 Å². The van der Waals surface area contributed by atoms with Crippen molar-refractivity contribution in [2.24, 2.45) is 0 Å². The lowest BCUT2D eigenvalue weighted by atomic mass is 10.2. The van der Waals surface area contributed by atoms with Crippen molar-refractivity contribution in [1.29, 1.82) is 15.8 Å². The molecule has 0 amide bonds. The van der Waals surface area contributed by atoms with E-state index in [1.165, 1.54) is 0 Å². The van der Waals surface area contributed by atoms with Gasteiger partial charge in [-0.15, -0.1) is 0 Å². The van der Waals surface area contributed by atoms with Crippen LogP contribution in [0.25, 0.3) is 0 Å². The molecule has 2 N–H and O–H groups in total. The lowest BCUT2D eigenvalue weighted by Gasteiger charge is -2.05. The van der Waals surface area contributed by atoms with Crippen LogP contribution in [0.1, 0.15) is 5.56 Å². The lowest BCUT2D eigenvalue weighted by molar-refractivity contribution is 0.282. The summed E-state index contributed by atoms with van der Waals surface area (Å²) in [6.07, 6.45) is 0. The van der Waals surface area contributed by atoms with Crippen LogP contribution < -0.4 is 5.32 Å². The fraction of sp³-hybridized carbons (Fsp3) is 0.0833. The van der Waals surface area contributed by atoms with Gasteiger partial charge in [0.05, 0.1) is 6.61 Å². The summed E-state index contributed by atoms with van der Waals surface area (Å²) in [5, 5.41) is 37.7. The van der Waals surface area contributed by atoms with Crippen LogP contribution >= 0.6 is 0 Å². The summed E-state index contributed by atoms with van der Waals surface area (Å²) in [6, 6.07) is 11.7. The summed E-state index contributed by atoms with van der Waals surface area (Å²) >= 11 is 0. The molecule has 0 aromatic heterocycles. The molecule has 0 bridgehead atoms. The minimum atomic E-state index is -0.276. The number of allylic oxidation sites excluding steroid dienone is 2. The zero-order valence-corrected chi connectivity index (χ0v) is 8.81. The summed E-state index contributed by atoms with van der Waals surface area (Å²) in [7, 11) is 0. The SMILES string of the molecule is N#CC(C#N)=C(C#N)Nc1cccc(CO)c1.